The molecule has 7 nitrogen and oxygen atoms in total. The van der Waals surface area contributed by atoms with Crippen LogP contribution in [0.15, 0.2) is 23.7 Å². The van der Waals surface area contributed by atoms with Gasteiger partial charge < -0.3 is 24.7 Å². The smallest absolute Gasteiger partial charge is 0.444 e. The molecule has 1 aromatic carbocycles. The summed E-state index contributed by atoms with van der Waals surface area (Å²) in [5.74, 6) is -0.0103. The molecular weight excluding hydrogens is 383 g/mol. The zero-order valence-electron chi connectivity index (χ0n) is 18.8. The van der Waals surface area contributed by atoms with Gasteiger partial charge in [0.1, 0.15) is 5.60 Å². The molecule has 0 aliphatic carbocycles. The molecule has 0 radical (unpaired) electrons. The molecule has 0 saturated carbocycles. The number of amides is 2. The van der Waals surface area contributed by atoms with Gasteiger partial charge in [-0.25, -0.2) is 4.79 Å². The minimum atomic E-state index is -0.613. The average molecular weight is 414 g/mol. The van der Waals surface area contributed by atoms with Crippen molar-refractivity contribution >= 4 is 30.9 Å². The second-order valence-corrected chi connectivity index (χ2v) is 9.80. The molecule has 2 aliphatic heterocycles. The van der Waals surface area contributed by atoms with Gasteiger partial charge in [0.2, 0.25) is 5.91 Å². The molecule has 0 bridgehead atoms. The maximum atomic E-state index is 12.2. The minimum Gasteiger partial charge on any atom is -0.444 e. The fourth-order valence-electron chi connectivity index (χ4n) is 3.24. The molecule has 2 heterocycles. The molecule has 1 aromatic rings. The molecular formula is C22H31BN2O5. The number of rotatable bonds is 4. The third-order valence-corrected chi connectivity index (χ3v) is 5.50. The Kier molecular flexibility index (Phi) is 5.77. The van der Waals surface area contributed by atoms with Crippen LogP contribution in [-0.2, 0) is 25.3 Å². The number of ether oxygens (including phenoxy) is 1. The highest BCUT2D eigenvalue weighted by atomic mass is 16.7. The van der Waals surface area contributed by atoms with Gasteiger partial charge in [0, 0.05) is 12.2 Å². The van der Waals surface area contributed by atoms with E-state index in [2.05, 4.69) is 10.6 Å². The first-order chi connectivity index (χ1) is 13.8. The largest absolute Gasteiger partial charge is 0.492 e. The van der Waals surface area contributed by atoms with E-state index in [-0.39, 0.29) is 12.5 Å². The Labute approximate surface area is 178 Å². The van der Waals surface area contributed by atoms with Gasteiger partial charge in [-0.05, 0) is 77.2 Å². The third-order valence-electron chi connectivity index (χ3n) is 5.50. The highest BCUT2D eigenvalue weighted by Crippen LogP contribution is 2.39. The van der Waals surface area contributed by atoms with E-state index in [1.165, 1.54) is 0 Å². The molecule has 0 atom stereocenters. The topological polar surface area (TPSA) is 85.9 Å². The minimum absolute atomic E-state index is 0.0103. The van der Waals surface area contributed by atoms with Gasteiger partial charge in [0.15, 0.2) is 0 Å². The summed E-state index contributed by atoms with van der Waals surface area (Å²) in [6, 6.07) is 5.77. The van der Waals surface area contributed by atoms with E-state index in [1.54, 1.807) is 0 Å². The first-order valence-electron chi connectivity index (χ1n) is 10.2. The Morgan fingerprint density at radius 3 is 2.47 bits per heavy atom. The van der Waals surface area contributed by atoms with Gasteiger partial charge in [0.25, 0.3) is 0 Å². The summed E-state index contributed by atoms with van der Waals surface area (Å²) in [5.41, 5.74) is 1.85. The Balaban J connectivity index is 1.85. The van der Waals surface area contributed by atoms with Crippen molar-refractivity contribution < 1.29 is 23.6 Å². The zero-order valence-corrected chi connectivity index (χ0v) is 18.8. The summed E-state index contributed by atoms with van der Waals surface area (Å²) in [4.78, 5) is 23.8. The fourth-order valence-corrected chi connectivity index (χ4v) is 3.24. The maximum Gasteiger partial charge on any atom is 0.492 e. The molecule has 2 aliphatic rings. The summed E-state index contributed by atoms with van der Waals surface area (Å²) < 4.78 is 17.7. The average Bonchev–Trinajstić information content (AvgIpc) is 3.04. The van der Waals surface area contributed by atoms with E-state index >= 15 is 0 Å². The van der Waals surface area contributed by atoms with Crippen molar-refractivity contribution in [3.05, 3.63) is 34.8 Å². The van der Waals surface area contributed by atoms with Crippen molar-refractivity contribution in [2.75, 3.05) is 11.9 Å². The molecule has 1 saturated heterocycles. The number of alkyl carbamates (subject to hydrolysis) is 1. The molecule has 0 spiro atoms. The van der Waals surface area contributed by atoms with E-state index in [0.29, 0.717) is 6.42 Å². The highest BCUT2D eigenvalue weighted by Gasteiger charge is 2.52. The maximum absolute atomic E-state index is 12.2. The highest BCUT2D eigenvalue weighted by molar-refractivity contribution is 6.56. The summed E-state index contributed by atoms with van der Waals surface area (Å²) in [6.07, 6.45) is 1.79. The lowest BCUT2D eigenvalue weighted by Gasteiger charge is -2.32. The number of carbonyl (C=O) groups is 2. The molecule has 30 heavy (non-hydrogen) atoms. The Hall–Kier alpha value is -2.32. The number of fused-ring (bicyclic) bond motifs is 1. The van der Waals surface area contributed by atoms with Crippen LogP contribution in [0.5, 0.6) is 0 Å². The lowest BCUT2D eigenvalue weighted by Crippen LogP contribution is -2.41. The van der Waals surface area contributed by atoms with Gasteiger partial charge in [-0.1, -0.05) is 12.1 Å². The number of nitrogens with one attached hydrogen (secondary N) is 2. The molecule has 1 fully saturated rings. The van der Waals surface area contributed by atoms with Crippen molar-refractivity contribution in [2.24, 2.45) is 0 Å². The zero-order chi connectivity index (χ0) is 22.3. The van der Waals surface area contributed by atoms with E-state index in [1.807, 2.05) is 72.7 Å². The normalized spacial score (nSPS) is 20.0. The van der Waals surface area contributed by atoms with E-state index in [4.69, 9.17) is 14.0 Å². The predicted molar refractivity (Wildman–Crippen MR) is 117 cm³/mol. The standard InChI is InChI=1S/C22H31BN2O5/c1-20(2,3)28-19(27)24-13-16(23-29-21(4,5)22(6,7)30-23)11-14-8-9-17-15(10-14)12-18(26)25-17/h8-11H,12-13H2,1-7H3,(H,24,27)(H,25,26). The molecule has 162 valence electrons. The summed E-state index contributed by atoms with van der Waals surface area (Å²) in [6.45, 7) is 13.6. The van der Waals surface area contributed by atoms with Crippen LogP contribution in [0.2, 0.25) is 0 Å². The quantitative estimate of drug-likeness (QED) is 0.734. The first-order valence-corrected chi connectivity index (χ1v) is 10.2. The first kappa shape index (κ1) is 22.4. The molecule has 2 N–H and O–H groups in total. The molecule has 8 heteroatoms. The number of hydrogen-bond donors (Lipinski definition) is 2. The lowest BCUT2D eigenvalue weighted by molar-refractivity contribution is -0.115. The SMILES string of the molecule is CC(C)(C)OC(=O)NCC(=Cc1ccc2c(c1)CC(=O)N2)B1OC(C)(C)C(C)(C)O1. The summed E-state index contributed by atoms with van der Waals surface area (Å²) in [5, 5.41) is 5.63. The molecule has 2 amide bonds. The van der Waals surface area contributed by atoms with Crippen LogP contribution < -0.4 is 10.6 Å². The van der Waals surface area contributed by atoms with Crippen LogP contribution in [-0.4, -0.2) is 42.5 Å². The van der Waals surface area contributed by atoms with Crippen molar-refractivity contribution in [1.82, 2.24) is 5.32 Å². The van der Waals surface area contributed by atoms with Gasteiger partial charge in [-0.3, -0.25) is 4.79 Å². The molecule has 0 aromatic heterocycles. The van der Waals surface area contributed by atoms with Crippen LogP contribution in [0.1, 0.15) is 59.6 Å². The van der Waals surface area contributed by atoms with Gasteiger partial charge in [-0.15, -0.1) is 0 Å². The van der Waals surface area contributed by atoms with Crippen molar-refractivity contribution in [3.8, 4) is 0 Å². The number of hydrogen-bond acceptors (Lipinski definition) is 5. The van der Waals surface area contributed by atoms with E-state index < -0.39 is 30.0 Å². The summed E-state index contributed by atoms with van der Waals surface area (Å²) in [7, 11) is -0.613. The van der Waals surface area contributed by atoms with E-state index in [0.717, 1.165) is 22.3 Å². The van der Waals surface area contributed by atoms with Gasteiger partial charge in [0.05, 0.1) is 17.6 Å². The van der Waals surface area contributed by atoms with Crippen LogP contribution in [0.25, 0.3) is 6.08 Å². The van der Waals surface area contributed by atoms with Crippen molar-refractivity contribution in [1.29, 1.82) is 0 Å². The van der Waals surface area contributed by atoms with Crippen molar-refractivity contribution in [3.63, 3.8) is 0 Å². The van der Waals surface area contributed by atoms with Crippen LogP contribution in [0, 0.1) is 0 Å². The molecule has 3 rings (SSSR count). The molecule has 0 unspecified atom stereocenters. The number of anilines is 1. The van der Waals surface area contributed by atoms with Crippen LogP contribution in [0.3, 0.4) is 0 Å². The fraction of sp³-hybridized carbons (Fsp3) is 0.545. The van der Waals surface area contributed by atoms with Gasteiger partial charge in [-0.2, -0.15) is 0 Å². The van der Waals surface area contributed by atoms with E-state index in [9.17, 15) is 9.59 Å². The van der Waals surface area contributed by atoms with Crippen molar-refractivity contribution in [2.45, 2.75) is 71.7 Å². The van der Waals surface area contributed by atoms with Crippen LogP contribution >= 0.6 is 0 Å². The van der Waals surface area contributed by atoms with Crippen LogP contribution in [0.4, 0.5) is 10.5 Å². The second-order valence-electron chi connectivity index (χ2n) is 9.80. The number of carbonyl (C=O) groups excluding carboxylic acids is 2. The Bertz CT molecular complexity index is 870. The summed E-state index contributed by atoms with van der Waals surface area (Å²) >= 11 is 0. The second kappa shape index (κ2) is 7.74. The Morgan fingerprint density at radius 1 is 1.23 bits per heavy atom. The monoisotopic (exact) mass is 414 g/mol. The lowest BCUT2D eigenvalue weighted by atomic mass is 9.77. The predicted octanol–water partition coefficient (Wildman–Crippen LogP) is 3.72. The number of benzene rings is 1. The van der Waals surface area contributed by atoms with Gasteiger partial charge >= 0.3 is 13.2 Å². The third kappa shape index (κ3) is 5.05. The Morgan fingerprint density at radius 2 is 1.87 bits per heavy atom.